The average Bonchev–Trinajstić information content (AvgIpc) is 3.40. The Morgan fingerprint density at radius 1 is 1.00 bits per heavy atom. The highest BCUT2D eigenvalue weighted by molar-refractivity contribution is 5.85. The second-order valence-corrected chi connectivity index (χ2v) is 13.5. The predicted molar refractivity (Wildman–Crippen MR) is 177 cm³/mol. The number of fused-ring (bicyclic) bond motifs is 3. The third-order valence-corrected chi connectivity index (χ3v) is 9.68. The van der Waals surface area contributed by atoms with Gasteiger partial charge in [0.25, 0.3) is 6.43 Å². The number of aromatic nitrogens is 1. The number of rotatable bonds is 5. The minimum atomic E-state index is -2.42. The summed E-state index contributed by atoms with van der Waals surface area (Å²) in [4.78, 5) is 22.3. The van der Waals surface area contributed by atoms with Crippen LogP contribution in [0.1, 0.15) is 83.2 Å². The number of likely N-dealkylation sites (tertiary alicyclic amines) is 1. The number of halogens is 2. The summed E-state index contributed by atoms with van der Waals surface area (Å²) in [6.07, 6.45) is 2.24. The van der Waals surface area contributed by atoms with Gasteiger partial charge in [-0.1, -0.05) is 38.1 Å². The number of benzene rings is 2. The number of carbonyl (C=O) groups is 1. The molecule has 9 heteroatoms. The molecule has 1 aromatic heterocycles. The molecule has 2 aromatic carbocycles. The average molecular weight is 625 g/mol. The van der Waals surface area contributed by atoms with Gasteiger partial charge in [-0.15, -0.1) is 0 Å². The second-order valence-electron chi connectivity index (χ2n) is 13.5. The highest BCUT2D eigenvalue weighted by Gasteiger charge is 2.40. The fourth-order valence-corrected chi connectivity index (χ4v) is 7.37. The number of para-hydroxylation sites is 1. The first-order valence-electron chi connectivity index (χ1n) is 16.6. The summed E-state index contributed by atoms with van der Waals surface area (Å²) in [5, 5.41) is 1.16. The van der Waals surface area contributed by atoms with Gasteiger partial charge in [0, 0.05) is 66.6 Å². The number of aromatic amines is 1. The Hall–Kier alpha value is -3.33. The topological polar surface area (TPSA) is 61.0 Å². The number of methoxy groups -OCH3 is 1. The number of anilines is 1. The van der Waals surface area contributed by atoms with Crippen molar-refractivity contribution in [2.75, 3.05) is 51.3 Å². The summed E-state index contributed by atoms with van der Waals surface area (Å²) < 4.78 is 39.0. The smallest absolute Gasteiger partial charge is 0.410 e. The molecule has 4 heterocycles. The molecule has 3 aliphatic rings. The van der Waals surface area contributed by atoms with Crippen molar-refractivity contribution in [2.45, 2.75) is 84.8 Å². The van der Waals surface area contributed by atoms with Gasteiger partial charge in [-0.25, -0.2) is 13.6 Å². The van der Waals surface area contributed by atoms with Crippen LogP contribution >= 0.6 is 0 Å². The van der Waals surface area contributed by atoms with E-state index in [1.807, 2.05) is 62.6 Å². The van der Waals surface area contributed by atoms with Crippen molar-refractivity contribution in [1.82, 2.24) is 14.8 Å². The summed E-state index contributed by atoms with van der Waals surface area (Å²) in [5.41, 5.74) is 4.99. The number of carbonyl (C=O) groups excluding carboxylic acids is 1. The first kappa shape index (κ1) is 33.0. The summed E-state index contributed by atoms with van der Waals surface area (Å²) in [6, 6.07) is 14.1. The number of hydrogen-bond acceptors (Lipinski definition) is 5. The van der Waals surface area contributed by atoms with Crippen molar-refractivity contribution < 1.29 is 23.0 Å². The molecule has 1 atom stereocenters. The molecule has 3 aliphatic heterocycles. The van der Waals surface area contributed by atoms with E-state index < -0.39 is 12.0 Å². The number of ether oxygens (including phenoxy) is 2. The van der Waals surface area contributed by atoms with Crippen molar-refractivity contribution in [3.63, 3.8) is 0 Å². The molecule has 1 spiro atoms. The van der Waals surface area contributed by atoms with Crippen LogP contribution in [0.2, 0.25) is 0 Å². The van der Waals surface area contributed by atoms with Crippen molar-refractivity contribution >= 4 is 22.7 Å². The van der Waals surface area contributed by atoms with Gasteiger partial charge in [-0.05, 0) is 76.0 Å². The van der Waals surface area contributed by atoms with E-state index in [1.165, 1.54) is 5.56 Å². The first-order chi connectivity index (χ1) is 21.6. The molecule has 0 saturated carbocycles. The Kier molecular flexibility index (Phi) is 9.97. The maximum absolute atomic E-state index is 13.7. The number of nitrogens with zero attached hydrogens (tertiary/aromatic N) is 3. The van der Waals surface area contributed by atoms with Crippen molar-refractivity contribution in [2.24, 2.45) is 5.41 Å². The molecule has 0 bridgehead atoms. The number of piperidine rings is 2. The first-order valence-corrected chi connectivity index (χ1v) is 16.6. The lowest BCUT2D eigenvalue weighted by atomic mass is 9.71. The van der Waals surface area contributed by atoms with Gasteiger partial charge < -0.3 is 24.3 Å². The number of nitrogens with one attached hydrogen (secondary N) is 1. The second kappa shape index (κ2) is 13.6. The van der Waals surface area contributed by atoms with Crippen molar-refractivity contribution in [3.05, 3.63) is 59.3 Å². The van der Waals surface area contributed by atoms with Crippen LogP contribution in [0.3, 0.4) is 0 Å². The quantitative estimate of drug-likeness (QED) is 0.312. The van der Waals surface area contributed by atoms with E-state index in [1.54, 1.807) is 7.11 Å². The van der Waals surface area contributed by atoms with Gasteiger partial charge in [0.15, 0.2) is 0 Å². The summed E-state index contributed by atoms with van der Waals surface area (Å²) in [7, 11) is 1.67. The lowest BCUT2D eigenvalue weighted by Gasteiger charge is -2.47. The van der Waals surface area contributed by atoms with Crippen molar-refractivity contribution in [3.8, 4) is 5.75 Å². The molecule has 2 fully saturated rings. The molecule has 0 aliphatic carbocycles. The van der Waals surface area contributed by atoms with Crippen LogP contribution in [-0.2, 0) is 11.2 Å². The zero-order chi connectivity index (χ0) is 32.4. The molecule has 6 rings (SSSR count). The number of hydrogen-bond donors (Lipinski definition) is 1. The van der Waals surface area contributed by atoms with Crippen LogP contribution < -0.4 is 9.64 Å². The van der Waals surface area contributed by atoms with Crippen LogP contribution in [0.15, 0.2) is 42.5 Å². The zero-order valence-electron chi connectivity index (χ0n) is 27.8. The van der Waals surface area contributed by atoms with E-state index in [-0.39, 0.29) is 24.1 Å². The van der Waals surface area contributed by atoms with Gasteiger partial charge in [0.05, 0.1) is 19.7 Å². The Morgan fingerprint density at radius 3 is 2.31 bits per heavy atom. The minimum absolute atomic E-state index is 0.211. The predicted octanol–water partition coefficient (Wildman–Crippen LogP) is 8.03. The molecule has 3 aromatic rings. The third-order valence-electron chi connectivity index (χ3n) is 9.68. The highest BCUT2D eigenvalue weighted by Crippen LogP contribution is 2.45. The van der Waals surface area contributed by atoms with Crippen LogP contribution in [0.4, 0.5) is 19.3 Å². The van der Waals surface area contributed by atoms with Crippen molar-refractivity contribution in [1.29, 1.82) is 0 Å². The van der Waals surface area contributed by atoms with E-state index in [9.17, 15) is 13.6 Å². The molecule has 7 nitrogen and oxygen atoms in total. The van der Waals surface area contributed by atoms with E-state index in [2.05, 4.69) is 34.1 Å². The zero-order valence-corrected chi connectivity index (χ0v) is 27.8. The Bertz CT molecular complexity index is 1450. The summed E-state index contributed by atoms with van der Waals surface area (Å²) >= 11 is 0. The summed E-state index contributed by atoms with van der Waals surface area (Å²) in [6.45, 7) is 13.3. The fourth-order valence-electron chi connectivity index (χ4n) is 7.37. The van der Waals surface area contributed by atoms with E-state index in [4.69, 9.17) is 9.47 Å². The molecular weight excluding hydrogens is 574 g/mol. The lowest BCUT2D eigenvalue weighted by molar-refractivity contribution is 0.00665. The summed E-state index contributed by atoms with van der Waals surface area (Å²) in [5.74, 6) is 0.722. The van der Waals surface area contributed by atoms with Crippen LogP contribution in [-0.4, -0.2) is 79.3 Å². The standard InChI is InChI=1S/C34H44F2N4O3.C2H6/c1-33(2,3)43-32(41)39-19-14-34(15-20-39)12-17-38(18-13-34)23-9-10-26(28(21-23)42-4)31-30-25(11-16-40(31)22-29(35)36)24-7-5-6-8-27(24)37-30;1-2/h5-10,21,29,31,37H,11-20,22H2,1-4H3;1-2H3. The minimum Gasteiger partial charge on any atom is -0.496 e. The van der Waals surface area contributed by atoms with Gasteiger partial charge in [-0.3, -0.25) is 4.90 Å². The number of amides is 1. The molecule has 246 valence electrons. The SMILES string of the molecule is CC.COc1cc(N2CCC3(CCN(C(=O)OC(C)(C)C)CC3)CC2)ccc1C1c2[nH]c3ccccc3c2CCN1CC(F)F. The van der Waals surface area contributed by atoms with E-state index in [0.29, 0.717) is 6.54 Å². The van der Waals surface area contributed by atoms with E-state index in [0.717, 1.165) is 91.9 Å². The molecule has 45 heavy (non-hydrogen) atoms. The Morgan fingerprint density at radius 2 is 1.67 bits per heavy atom. The van der Waals surface area contributed by atoms with Crippen LogP contribution in [0.25, 0.3) is 10.9 Å². The lowest BCUT2D eigenvalue weighted by Crippen LogP contribution is -2.49. The highest BCUT2D eigenvalue weighted by atomic mass is 19.3. The van der Waals surface area contributed by atoms with Gasteiger partial charge in [-0.2, -0.15) is 0 Å². The fraction of sp³-hybridized carbons (Fsp3) is 0.583. The van der Waals surface area contributed by atoms with Gasteiger partial charge in [0.2, 0.25) is 0 Å². The molecule has 1 amide bonds. The number of alkyl halides is 2. The van der Waals surface area contributed by atoms with Gasteiger partial charge in [0.1, 0.15) is 11.4 Å². The van der Waals surface area contributed by atoms with Crippen LogP contribution in [0.5, 0.6) is 5.75 Å². The molecular formula is C36H50F2N4O3. The normalized spacial score (nSPS) is 20.2. The molecule has 1 unspecified atom stereocenters. The largest absolute Gasteiger partial charge is 0.496 e. The maximum Gasteiger partial charge on any atom is 0.410 e. The Labute approximate surface area is 266 Å². The third kappa shape index (κ3) is 7.08. The Balaban J connectivity index is 0.00000196. The maximum atomic E-state index is 13.7. The van der Waals surface area contributed by atoms with E-state index >= 15 is 0 Å². The van der Waals surface area contributed by atoms with Crippen LogP contribution in [0, 0.1) is 5.41 Å². The molecule has 1 N–H and O–H groups in total. The van der Waals surface area contributed by atoms with Gasteiger partial charge >= 0.3 is 6.09 Å². The number of H-pyrrole nitrogens is 1. The molecule has 0 radical (unpaired) electrons. The monoisotopic (exact) mass is 624 g/mol. The molecule has 2 saturated heterocycles.